The second kappa shape index (κ2) is 5.67. The SMILES string of the molecule is Cl.NC(CNC(=O)C(F)(F)C(F)F)C1CC1. The van der Waals surface area contributed by atoms with Gasteiger partial charge in [-0.3, -0.25) is 4.79 Å². The molecule has 0 bridgehead atoms. The van der Waals surface area contributed by atoms with Crippen molar-refractivity contribution >= 4 is 18.3 Å². The van der Waals surface area contributed by atoms with Crippen LogP contribution in [-0.4, -0.2) is 30.8 Å². The van der Waals surface area contributed by atoms with Crippen molar-refractivity contribution in [2.45, 2.75) is 31.2 Å². The lowest BCUT2D eigenvalue weighted by molar-refractivity contribution is -0.169. The third-order valence-electron chi connectivity index (χ3n) is 2.30. The van der Waals surface area contributed by atoms with Gasteiger partial charge in [-0.25, -0.2) is 8.78 Å². The van der Waals surface area contributed by atoms with E-state index in [4.69, 9.17) is 5.73 Å². The number of carbonyl (C=O) groups is 1. The molecule has 3 nitrogen and oxygen atoms in total. The summed E-state index contributed by atoms with van der Waals surface area (Å²) in [5.41, 5.74) is 5.50. The maximum Gasteiger partial charge on any atom is 0.383 e. The van der Waals surface area contributed by atoms with Crippen LogP contribution in [0.5, 0.6) is 0 Å². The van der Waals surface area contributed by atoms with Crippen molar-refractivity contribution in [1.82, 2.24) is 5.32 Å². The topological polar surface area (TPSA) is 55.1 Å². The highest BCUT2D eigenvalue weighted by atomic mass is 35.5. The lowest BCUT2D eigenvalue weighted by Gasteiger charge is -2.17. The molecule has 0 aromatic carbocycles. The van der Waals surface area contributed by atoms with Gasteiger partial charge in [-0.1, -0.05) is 0 Å². The number of nitrogens with two attached hydrogens (primary N) is 1. The van der Waals surface area contributed by atoms with Gasteiger partial charge < -0.3 is 11.1 Å². The standard InChI is InChI=1S/C8H12F4N2O.ClH/c9-6(10)8(11,12)7(15)14-3-5(13)4-1-2-4;/h4-6H,1-3,13H2,(H,14,15);1H. The Morgan fingerprint density at radius 2 is 1.94 bits per heavy atom. The number of hydrogen-bond donors (Lipinski definition) is 2. The highest BCUT2D eigenvalue weighted by molar-refractivity contribution is 5.85. The summed E-state index contributed by atoms with van der Waals surface area (Å²) in [5, 5.41) is 1.73. The van der Waals surface area contributed by atoms with Gasteiger partial charge in [-0.05, 0) is 18.8 Å². The largest absolute Gasteiger partial charge is 0.383 e. The summed E-state index contributed by atoms with van der Waals surface area (Å²) in [4.78, 5) is 10.7. The van der Waals surface area contributed by atoms with Crippen molar-refractivity contribution in [2.24, 2.45) is 11.7 Å². The molecule has 1 rings (SSSR count). The number of hydrogen-bond acceptors (Lipinski definition) is 2. The van der Waals surface area contributed by atoms with Crippen LogP contribution in [0.1, 0.15) is 12.8 Å². The van der Waals surface area contributed by atoms with Crippen LogP contribution in [0.2, 0.25) is 0 Å². The molecule has 0 spiro atoms. The average Bonchev–Trinajstić information content (AvgIpc) is 2.96. The first-order chi connectivity index (χ1) is 6.85. The lowest BCUT2D eigenvalue weighted by Crippen LogP contribution is -2.49. The number of amides is 1. The van der Waals surface area contributed by atoms with Crippen LogP contribution >= 0.6 is 12.4 Å². The Morgan fingerprint density at radius 1 is 1.44 bits per heavy atom. The van der Waals surface area contributed by atoms with E-state index in [0.29, 0.717) is 0 Å². The smallest absolute Gasteiger partial charge is 0.349 e. The first kappa shape index (κ1) is 15.4. The third-order valence-corrected chi connectivity index (χ3v) is 2.30. The van der Waals surface area contributed by atoms with E-state index in [2.05, 4.69) is 0 Å². The number of carbonyl (C=O) groups excluding carboxylic acids is 1. The molecule has 0 heterocycles. The molecule has 1 amide bonds. The Labute approximate surface area is 96.2 Å². The second-order valence-electron chi connectivity index (χ2n) is 3.63. The molecule has 1 unspecified atom stereocenters. The number of alkyl halides is 4. The molecule has 8 heteroatoms. The van der Waals surface area contributed by atoms with Crippen LogP contribution in [0, 0.1) is 5.92 Å². The van der Waals surface area contributed by atoms with E-state index >= 15 is 0 Å². The molecule has 96 valence electrons. The second-order valence-corrected chi connectivity index (χ2v) is 3.63. The van der Waals surface area contributed by atoms with Crippen molar-refractivity contribution in [3.63, 3.8) is 0 Å². The quantitative estimate of drug-likeness (QED) is 0.732. The molecule has 0 saturated heterocycles. The van der Waals surface area contributed by atoms with Gasteiger partial charge in [0.25, 0.3) is 5.91 Å². The predicted octanol–water partition coefficient (Wildman–Crippen LogP) is 1.16. The van der Waals surface area contributed by atoms with Crippen LogP contribution in [-0.2, 0) is 4.79 Å². The Bertz CT molecular complexity index is 248. The lowest BCUT2D eigenvalue weighted by atomic mass is 10.2. The Morgan fingerprint density at radius 3 is 2.31 bits per heavy atom. The summed E-state index contributed by atoms with van der Waals surface area (Å²) in [7, 11) is 0. The van der Waals surface area contributed by atoms with Crippen LogP contribution in [0.4, 0.5) is 17.6 Å². The summed E-state index contributed by atoms with van der Waals surface area (Å²) in [6, 6.07) is -0.428. The number of nitrogens with one attached hydrogen (secondary N) is 1. The van der Waals surface area contributed by atoms with Crippen molar-refractivity contribution in [2.75, 3.05) is 6.54 Å². The molecule has 16 heavy (non-hydrogen) atoms. The molecular formula is C8H13ClF4N2O. The fraction of sp³-hybridized carbons (Fsp3) is 0.875. The molecule has 1 fully saturated rings. The van der Waals surface area contributed by atoms with Crippen molar-refractivity contribution in [3.8, 4) is 0 Å². The van der Waals surface area contributed by atoms with E-state index < -0.39 is 24.3 Å². The monoisotopic (exact) mass is 264 g/mol. The summed E-state index contributed by atoms with van der Waals surface area (Å²) >= 11 is 0. The molecule has 1 saturated carbocycles. The van der Waals surface area contributed by atoms with E-state index in [1.807, 2.05) is 0 Å². The molecule has 1 aliphatic carbocycles. The van der Waals surface area contributed by atoms with Gasteiger partial charge in [0.15, 0.2) is 0 Å². The summed E-state index contributed by atoms with van der Waals surface area (Å²) in [6.45, 7) is -0.189. The molecule has 0 aliphatic heterocycles. The molecular weight excluding hydrogens is 252 g/mol. The van der Waals surface area contributed by atoms with Crippen LogP contribution in [0.15, 0.2) is 0 Å². The predicted molar refractivity (Wildman–Crippen MR) is 51.9 cm³/mol. The van der Waals surface area contributed by atoms with Crippen molar-refractivity contribution in [3.05, 3.63) is 0 Å². The van der Waals surface area contributed by atoms with Crippen LogP contribution < -0.4 is 11.1 Å². The summed E-state index contributed by atoms with van der Waals surface area (Å²) in [5.74, 6) is -6.39. The zero-order valence-corrected chi connectivity index (χ0v) is 9.08. The zero-order chi connectivity index (χ0) is 11.6. The maximum atomic E-state index is 12.4. The molecule has 1 aliphatic rings. The zero-order valence-electron chi connectivity index (χ0n) is 8.26. The van der Waals surface area contributed by atoms with E-state index in [0.717, 1.165) is 12.8 Å². The van der Waals surface area contributed by atoms with Crippen molar-refractivity contribution < 1.29 is 22.4 Å². The van der Waals surface area contributed by atoms with E-state index in [9.17, 15) is 22.4 Å². The molecule has 0 radical (unpaired) electrons. The van der Waals surface area contributed by atoms with Crippen LogP contribution in [0.3, 0.4) is 0 Å². The van der Waals surface area contributed by atoms with E-state index in [1.54, 1.807) is 5.32 Å². The normalized spacial score (nSPS) is 17.9. The van der Waals surface area contributed by atoms with Gasteiger partial charge >= 0.3 is 12.3 Å². The Balaban J connectivity index is 0.00000225. The minimum atomic E-state index is -4.64. The fourth-order valence-electron chi connectivity index (χ4n) is 1.12. The van der Waals surface area contributed by atoms with Gasteiger partial charge in [0.1, 0.15) is 0 Å². The van der Waals surface area contributed by atoms with Gasteiger partial charge in [-0.15, -0.1) is 12.4 Å². The summed E-state index contributed by atoms with van der Waals surface area (Å²) in [6.07, 6.45) is -2.21. The molecule has 0 aromatic rings. The summed E-state index contributed by atoms with van der Waals surface area (Å²) < 4.78 is 48.2. The van der Waals surface area contributed by atoms with Gasteiger partial charge in [0, 0.05) is 12.6 Å². The maximum absolute atomic E-state index is 12.4. The average molecular weight is 265 g/mol. The highest BCUT2D eigenvalue weighted by Gasteiger charge is 2.49. The molecule has 3 N–H and O–H groups in total. The third kappa shape index (κ3) is 3.79. The first-order valence-corrected chi connectivity index (χ1v) is 4.55. The Hall–Kier alpha value is -0.560. The highest BCUT2D eigenvalue weighted by Crippen LogP contribution is 2.31. The van der Waals surface area contributed by atoms with Gasteiger partial charge in [0.2, 0.25) is 0 Å². The molecule has 0 aromatic heterocycles. The van der Waals surface area contributed by atoms with Gasteiger partial charge in [-0.2, -0.15) is 8.78 Å². The first-order valence-electron chi connectivity index (χ1n) is 4.55. The van der Waals surface area contributed by atoms with Crippen molar-refractivity contribution in [1.29, 1.82) is 0 Å². The minimum Gasteiger partial charge on any atom is -0.349 e. The Kier molecular flexibility index (Phi) is 5.48. The van der Waals surface area contributed by atoms with E-state index in [1.165, 1.54) is 0 Å². The van der Waals surface area contributed by atoms with Gasteiger partial charge in [0.05, 0.1) is 0 Å². The minimum absolute atomic E-state index is 0. The number of halogens is 5. The van der Waals surface area contributed by atoms with E-state index in [-0.39, 0.29) is 24.9 Å². The molecule has 1 atom stereocenters. The fourth-order valence-corrected chi connectivity index (χ4v) is 1.12. The van der Waals surface area contributed by atoms with Crippen LogP contribution in [0.25, 0.3) is 0 Å². The number of rotatable bonds is 5.